The van der Waals surface area contributed by atoms with Gasteiger partial charge in [-0.25, -0.2) is 0 Å². The number of hydrogen-bond acceptors (Lipinski definition) is 2. The lowest BCUT2D eigenvalue weighted by atomic mass is 9.94. The third-order valence-corrected chi connectivity index (χ3v) is 7.75. The standard InChI is InChI=1S/C33H51NO3/c1-4-5-6-7-8-9-10-11-12-13-14-15-16-17-21-24-31(35)33-27(2)34(3)30(26-32(36)37)29(33)25-28-22-19-18-20-23-28/h18-20,22-23H,4-17,21,24-26H2,1-3H3,(H,36,37). The van der Waals surface area contributed by atoms with E-state index in [0.29, 0.717) is 12.8 Å². The third-order valence-electron chi connectivity index (χ3n) is 7.75. The lowest BCUT2D eigenvalue weighted by molar-refractivity contribution is -0.136. The minimum absolute atomic E-state index is 0.0637. The van der Waals surface area contributed by atoms with Crippen molar-refractivity contribution in [3.63, 3.8) is 0 Å². The number of rotatable bonds is 21. The Morgan fingerprint density at radius 2 is 1.24 bits per heavy atom. The summed E-state index contributed by atoms with van der Waals surface area (Å²) in [6.45, 7) is 4.22. The van der Waals surface area contributed by atoms with Gasteiger partial charge < -0.3 is 9.67 Å². The van der Waals surface area contributed by atoms with Crippen molar-refractivity contribution in [2.45, 2.75) is 129 Å². The van der Waals surface area contributed by atoms with Gasteiger partial charge in [-0.15, -0.1) is 0 Å². The van der Waals surface area contributed by atoms with Crippen LogP contribution in [0.2, 0.25) is 0 Å². The summed E-state index contributed by atoms with van der Waals surface area (Å²) in [6.07, 6.45) is 20.7. The highest BCUT2D eigenvalue weighted by Crippen LogP contribution is 2.27. The van der Waals surface area contributed by atoms with Crippen LogP contribution in [0.15, 0.2) is 30.3 Å². The number of carbonyl (C=O) groups excluding carboxylic acids is 1. The molecule has 2 aromatic rings. The molecule has 0 saturated heterocycles. The summed E-state index contributed by atoms with van der Waals surface area (Å²) in [7, 11) is 1.88. The molecule has 0 aliphatic heterocycles. The normalized spacial score (nSPS) is 11.2. The lowest BCUT2D eigenvalue weighted by Crippen LogP contribution is -2.09. The molecule has 1 aromatic carbocycles. The van der Waals surface area contributed by atoms with Crippen molar-refractivity contribution in [2.24, 2.45) is 7.05 Å². The smallest absolute Gasteiger partial charge is 0.309 e. The molecule has 0 unspecified atom stereocenters. The van der Waals surface area contributed by atoms with Crippen LogP contribution in [0.5, 0.6) is 0 Å². The minimum Gasteiger partial charge on any atom is -0.481 e. The quantitative estimate of drug-likeness (QED) is 0.135. The van der Waals surface area contributed by atoms with Gasteiger partial charge in [-0.1, -0.05) is 127 Å². The lowest BCUT2D eigenvalue weighted by Gasteiger charge is -2.08. The predicted molar refractivity (Wildman–Crippen MR) is 155 cm³/mol. The molecule has 4 nitrogen and oxygen atoms in total. The second-order valence-corrected chi connectivity index (χ2v) is 10.8. The number of carboxylic acids is 1. The number of benzene rings is 1. The number of carboxylic acid groups (broad SMARTS) is 1. The second-order valence-electron chi connectivity index (χ2n) is 10.8. The van der Waals surface area contributed by atoms with E-state index < -0.39 is 5.97 Å². The predicted octanol–water partition coefficient (Wildman–Crippen LogP) is 9.00. The molecule has 0 amide bonds. The molecule has 1 heterocycles. The second kappa shape index (κ2) is 18.0. The van der Waals surface area contributed by atoms with Gasteiger partial charge in [0.2, 0.25) is 0 Å². The molecule has 206 valence electrons. The third kappa shape index (κ3) is 11.3. The molecule has 0 spiro atoms. The first kappa shape index (κ1) is 30.9. The fourth-order valence-electron chi connectivity index (χ4n) is 5.45. The van der Waals surface area contributed by atoms with Gasteiger partial charge in [0, 0.05) is 30.4 Å². The molecule has 0 fully saturated rings. The molecule has 37 heavy (non-hydrogen) atoms. The van der Waals surface area contributed by atoms with Gasteiger partial charge in [0.1, 0.15) is 0 Å². The zero-order chi connectivity index (χ0) is 26.9. The Balaban J connectivity index is 1.72. The van der Waals surface area contributed by atoms with Crippen molar-refractivity contribution in [1.29, 1.82) is 0 Å². The fraction of sp³-hybridized carbons (Fsp3) is 0.636. The van der Waals surface area contributed by atoms with Gasteiger partial charge in [0.15, 0.2) is 5.78 Å². The molecule has 0 aliphatic rings. The Labute approximate surface area is 225 Å². The molecule has 4 heteroatoms. The summed E-state index contributed by atoms with van der Waals surface area (Å²) >= 11 is 0. The van der Waals surface area contributed by atoms with Crippen molar-refractivity contribution in [3.05, 3.63) is 58.4 Å². The maximum Gasteiger partial charge on any atom is 0.309 e. The van der Waals surface area contributed by atoms with E-state index in [1.165, 1.54) is 83.5 Å². The van der Waals surface area contributed by atoms with Crippen molar-refractivity contribution in [2.75, 3.05) is 0 Å². The zero-order valence-corrected chi connectivity index (χ0v) is 23.8. The summed E-state index contributed by atoms with van der Waals surface area (Å²) in [6, 6.07) is 10.0. The first-order valence-corrected chi connectivity index (χ1v) is 14.9. The van der Waals surface area contributed by atoms with Crippen LogP contribution in [0.3, 0.4) is 0 Å². The molecule has 2 rings (SSSR count). The van der Waals surface area contributed by atoms with Crippen LogP contribution in [0, 0.1) is 6.92 Å². The van der Waals surface area contributed by atoms with Crippen LogP contribution in [0.4, 0.5) is 0 Å². The highest BCUT2D eigenvalue weighted by molar-refractivity contribution is 5.99. The summed E-state index contributed by atoms with van der Waals surface area (Å²) < 4.78 is 1.91. The van der Waals surface area contributed by atoms with Crippen molar-refractivity contribution in [3.8, 4) is 0 Å². The number of Topliss-reactive ketones (excluding diaryl/α,β-unsaturated/α-hetero) is 1. The Kier molecular flexibility index (Phi) is 15.0. The summed E-state index contributed by atoms with van der Waals surface area (Å²) in [4.78, 5) is 24.8. The Morgan fingerprint density at radius 3 is 1.73 bits per heavy atom. The van der Waals surface area contributed by atoms with E-state index in [1.54, 1.807) is 0 Å². The highest BCUT2D eigenvalue weighted by Gasteiger charge is 2.24. The molecular formula is C33H51NO3. The number of unbranched alkanes of at least 4 members (excludes halogenated alkanes) is 14. The van der Waals surface area contributed by atoms with Gasteiger partial charge in [-0.2, -0.15) is 0 Å². The van der Waals surface area contributed by atoms with Crippen LogP contribution < -0.4 is 0 Å². The molecule has 0 saturated carbocycles. The number of hydrogen-bond donors (Lipinski definition) is 1. The zero-order valence-electron chi connectivity index (χ0n) is 23.8. The van der Waals surface area contributed by atoms with Gasteiger partial charge >= 0.3 is 5.97 Å². The van der Waals surface area contributed by atoms with E-state index in [1.807, 2.05) is 48.9 Å². The molecule has 0 aliphatic carbocycles. The fourth-order valence-corrected chi connectivity index (χ4v) is 5.45. The molecule has 0 bridgehead atoms. The van der Waals surface area contributed by atoms with Crippen LogP contribution in [0.25, 0.3) is 0 Å². The minimum atomic E-state index is -0.865. The van der Waals surface area contributed by atoms with E-state index in [-0.39, 0.29) is 12.2 Å². The SMILES string of the molecule is CCCCCCCCCCCCCCCCCC(=O)c1c(Cc2ccccc2)c(CC(=O)O)n(C)c1C. The number of ketones is 1. The van der Waals surface area contributed by atoms with Crippen molar-refractivity contribution < 1.29 is 14.7 Å². The number of carbonyl (C=O) groups is 2. The number of aromatic nitrogens is 1. The van der Waals surface area contributed by atoms with Crippen molar-refractivity contribution in [1.82, 2.24) is 4.57 Å². The Bertz CT molecular complexity index is 929. The van der Waals surface area contributed by atoms with Gasteiger partial charge in [0.25, 0.3) is 0 Å². The van der Waals surface area contributed by atoms with Gasteiger partial charge in [-0.3, -0.25) is 9.59 Å². The average molecular weight is 510 g/mol. The molecule has 0 atom stereocenters. The number of aliphatic carboxylic acids is 1. The molecule has 1 N–H and O–H groups in total. The Morgan fingerprint density at radius 1 is 0.757 bits per heavy atom. The van der Waals surface area contributed by atoms with Crippen LogP contribution in [-0.4, -0.2) is 21.4 Å². The van der Waals surface area contributed by atoms with Crippen molar-refractivity contribution >= 4 is 11.8 Å². The largest absolute Gasteiger partial charge is 0.481 e. The maximum atomic E-state index is 13.3. The van der Waals surface area contributed by atoms with E-state index >= 15 is 0 Å². The van der Waals surface area contributed by atoms with E-state index in [4.69, 9.17) is 0 Å². The van der Waals surface area contributed by atoms with Crippen LogP contribution in [0.1, 0.15) is 143 Å². The highest BCUT2D eigenvalue weighted by atomic mass is 16.4. The van der Waals surface area contributed by atoms with Gasteiger partial charge in [-0.05, 0) is 30.9 Å². The van der Waals surface area contributed by atoms with E-state index in [0.717, 1.165) is 40.9 Å². The first-order valence-electron chi connectivity index (χ1n) is 14.9. The molecular weight excluding hydrogens is 458 g/mol. The summed E-state index contributed by atoms with van der Waals surface area (Å²) in [5, 5.41) is 9.47. The summed E-state index contributed by atoms with van der Waals surface area (Å²) in [5.74, 6) is -0.707. The Hall–Kier alpha value is -2.36. The maximum absolute atomic E-state index is 13.3. The topological polar surface area (TPSA) is 59.3 Å². The van der Waals surface area contributed by atoms with Crippen LogP contribution >= 0.6 is 0 Å². The van der Waals surface area contributed by atoms with Crippen LogP contribution in [-0.2, 0) is 24.7 Å². The number of nitrogens with zero attached hydrogens (tertiary/aromatic N) is 1. The van der Waals surface area contributed by atoms with Gasteiger partial charge in [0.05, 0.1) is 6.42 Å². The molecule has 1 aromatic heterocycles. The monoisotopic (exact) mass is 509 g/mol. The van der Waals surface area contributed by atoms with E-state index in [2.05, 4.69) is 6.92 Å². The van der Waals surface area contributed by atoms with E-state index in [9.17, 15) is 14.7 Å². The first-order chi connectivity index (χ1) is 18.0. The average Bonchev–Trinajstić information content (AvgIpc) is 3.10. The molecule has 0 radical (unpaired) electrons. The summed E-state index contributed by atoms with van der Waals surface area (Å²) in [5.41, 5.74) is 4.36.